The minimum atomic E-state index is -0.801. The van der Waals surface area contributed by atoms with E-state index in [9.17, 15) is 14.4 Å². The highest BCUT2D eigenvalue weighted by Crippen LogP contribution is 2.44. The van der Waals surface area contributed by atoms with E-state index in [1.165, 1.54) is 22.3 Å². The van der Waals surface area contributed by atoms with Gasteiger partial charge in [0.2, 0.25) is 5.91 Å². The van der Waals surface area contributed by atoms with Gasteiger partial charge < -0.3 is 20.5 Å². The van der Waals surface area contributed by atoms with Gasteiger partial charge >= 0.3 is 12.1 Å². The Balaban J connectivity index is 1.23. The van der Waals surface area contributed by atoms with Crippen molar-refractivity contribution in [2.45, 2.75) is 57.8 Å². The number of hydrogen-bond donors (Lipinski definition) is 3. The van der Waals surface area contributed by atoms with Crippen molar-refractivity contribution in [2.24, 2.45) is 5.92 Å². The fourth-order valence-electron chi connectivity index (χ4n) is 4.45. The minimum Gasteiger partial charge on any atom is -0.481 e. The zero-order valence-corrected chi connectivity index (χ0v) is 20.4. The number of carboxylic acids is 1. The quantitative estimate of drug-likeness (QED) is 0.327. The van der Waals surface area contributed by atoms with Crippen LogP contribution in [0.25, 0.3) is 11.1 Å². The van der Waals surface area contributed by atoms with E-state index in [0.717, 1.165) is 25.7 Å². The number of alkyl carbamates (subject to hydrolysis) is 1. The molecule has 0 radical (unpaired) electrons. The Labute approximate surface area is 207 Å². The standard InChI is InChI=1S/C28H36N2O5/c1-20(27(32)33)11-10-18-29-26(31)16-4-2-3-9-17-30-28(34)35-19-25-23-14-7-5-12-21(23)22-13-6-8-15-24(22)25/h5-8,12-15,20,25H,2-4,9-11,16-19H2,1H3,(H,29,31)(H,30,34)(H,32,33). The van der Waals surface area contributed by atoms with E-state index in [2.05, 4.69) is 34.9 Å². The monoisotopic (exact) mass is 480 g/mol. The number of carboxylic acid groups (broad SMARTS) is 1. The number of carbonyl (C=O) groups excluding carboxylic acids is 2. The molecule has 0 fully saturated rings. The van der Waals surface area contributed by atoms with Crippen LogP contribution in [-0.2, 0) is 14.3 Å². The summed E-state index contributed by atoms with van der Waals surface area (Å²) in [6.45, 7) is 3.04. The zero-order valence-electron chi connectivity index (χ0n) is 20.4. The van der Waals surface area contributed by atoms with Gasteiger partial charge in [0.15, 0.2) is 0 Å². The molecule has 3 N–H and O–H groups in total. The summed E-state index contributed by atoms with van der Waals surface area (Å²) in [6, 6.07) is 16.5. The van der Waals surface area contributed by atoms with Crippen LogP contribution in [0.5, 0.6) is 0 Å². The van der Waals surface area contributed by atoms with Crippen molar-refractivity contribution in [1.82, 2.24) is 10.6 Å². The lowest BCUT2D eigenvalue weighted by Crippen LogP contribution is -2.27. The zero-order chi connectivity index (χ0) is 25.0. The molecule has 0 aromatic heterocycles. The second-order valence-electron chi connectivity index (χ2n) is 9.15. The van der Waals surface area contributed by atoms with Gasteiger partial charge in [-0.25, -0.2) is 4.79 Å². The fraction of sp³-hybridized carbons (Fsp3) is 0.464. The molecule has 0 saturated heterocycles. The molecule has 0 bridgehead atoms. The van der Waals surface area contributed by atoms with Crippen molar-refractivity contribution in [3.8, 4) is 11.1 Å². The molecule has 0 spiro atoms. The summed E-state index contributed by atoms with van der Waals surface area (Å²) in [6.07, 6.45) is 4.76. The Morgan fingerprint density at radius 2 is 1.46 bits per heavy atom. The second-order valence-corrected chi connectivity index (χ2v) is 9.15. The van der Waals surface area contributed by atoms with E-state index in [0.29, 0.717) is 39.0 Å². The van der Waals surface area contributed by atoms with Crippen LogP contribution in [0, 0.1) is 5.92 Å². The Kier molecular flexibility index (Phi) is 10.1. The van der Waals surface area contributed by atoms with E-state index < -0.39 is 12.1 Å². The van der Waals surface area contributed by atoms with Crippen LogP contribution >= 0.6 is 0 Å². The number of benzene rings is 2. The highest BCUT2D eigenvalue weighted by atomic mass is 16.5. The third-order valence-electron chi connectivity index (χ3n) is 6.50. The highest BCUT2D eigenvalue weighted by Gasteiger charge is 2.28. The largest absolute Gasteiger partial charge is 0.481 e. The van der Waals surface area contributed by atoms with Crippen molar-refractivity contribution in [3.05, 3.63) is 59.7 Å². The normalized spacial score (nSPS) is 12.9. The van der Waals surface area contributed by atoms with Gasteiger partial charge in [-0.05, 0) is 47.9 Å². The first kappa shape index (κ1) is 26.3. The van der Waals surface area contributed by atoms with Crippen molar-refractivity contribution in [3.63, 3.8) is 0 Å². The molecule has 3 rings (SSSR count). The maximum atomic E-state index is 12.2. The molecule has 2 aromatic carbocycles. The van der Waals surface area contributed by atoms with Gasteiger partial charge in [0.1, 0.15) is 6.61 Å². The summed E-state index contributed by atoms with van der Waals surface area (Å²) < 4.78 is 5.54. The Morgan fingerprint density at radius 3 is 2.11 bits per heavy atom. The van der Waals surface area contributed by atoms with Gasteiger partial charge in [-0.15, -0.1) is 0 Å². The van der Waals surface area contributed by atoms with Crippen molar-refractivity contribution < 1.29 is 24.2 Å². The van der Waals surface area contributed by atoms with Crippen LogP contribution in [0.2, 0.25) is 0 Å². The van der Waals surface area contributed by atoms with Gasteiger partial charge in [-0.2, -0.15) is 0 Å². The fourth-order valence-corrected chi connectivity index (χ4v) is 4.45. The number of amides is 2. The van der Waals surface area contributed by atoms with Gasteiger partial charge in [0, 0.05) is 25.4 Å². The van der Waals surface area contributed by atoms with Crippen LogP contribution in [0.4, 0.5) is 4.79 Å². The molecule has 1 atom stereocenters. The van der Waals surface area contributed by atoms with E-state index >= 15 is 0 Å². The average molecular weight is 481 g/mol. The number of rotatable bonds is 14. The highest BCUT2D eigenvalue weighted by molar-refractivity contribution is 5.79. The number of fused-ring (bicyclic) bond motifs is 3. The predicted octanol–water partition coefficient (Wildman–Crippen LogP) is 5.09. The number of aliphatic carboxylic acids is 1. The Hall–Kier alpha value is -3.35. The molecule has 188 valence electrons. The number of unbranched alkanes of at least 4 members (excludes halogenated alkanes) is 3. The molecule has 1 aliphatic rings. The first-order valence-electron chi connectivity index (χ1n) is 12.6. The first-order valence-corrected chi connectivity index (χ1v) is 12.6. The van der Waals surface area contributed by atoms with Crippen LogP contribution in [-0.4, -0.2) is 42.8 Å². The van der Waals surface area contributed by atoms with Crippen LogP contribution in [0.3, 0.4) is 0 Å². The molecule has 1 unspecified atom stereocenters. The molecule has 1 aliphatic carbocycles. The summed E-state index contributed by atoms with van der Waals surface area (Å²) in [5, 5.41) is 14.5. The van der Waals surface area contributed by atoms with Gasteiger partial charge in [-0.1, -0.05) is 68.3 Å². The van der Waals surface area contributed by atoms with E-state index in [-0.39, 0.29) is 17.7 Å². The lowest BCUT2D eigenvalue weighted by Gasteiger charge is -2.14. The van der Waals surface area contributed by atoms with Crippen LogP contribution in [0.15, 0.2) is 48.5 Å². The number of ether oxygens (including phenoxy) is 1. The Morgan fingerprint density at radius 1 is 0.857 bits per heavy atom. The second kappa shape index (κ2) is 13.5. The summed E-state index contributed by atoms with van der Waals surface area (Å²) in [4.78, 5) is 34.8. The van der Waals surface area contributed by atoms with E-state index in [1.807, 2.05) is 24.3 Å². The third kappa shape index (κ3) is 7.84. The van der Waals surface area contributed by atoms with E-state index in [4.69, 9.17) is 9.84 Å². The van der Waals surface area contributed by atoms with Gasteiger partial charge in [0.25, 0.3) is 0 Å². The van der Waals surface area contributed by atoms with Crippen molar-refractivity contribution in [2.75, 3.05) is 19.7 Å². The molecule has 2 amide bonds. The molecule has 0 heterocycles. The van der Waals surface area contributed by atoms with Crippen LogP contribution < -0.4 is 10.6 Å². The predicted molar refractivity (Wildman–Crippen MR) is 135 cm³/mol. The van der Waals surface area contributed by atoms with Crippen LogP contribution in [0.1, 0.15) is 68.9 Å². The van der Waals surface area contributed by atoms with Crippen molar-refractivity contribution >= 4 is 18.0 Å². The minimum absolute atomic E-state index is 0.00439. The molecule has 2 aromatic rings. The number of hydrogen-bond acceptors (Lipinski definition) is 4. The number of carbonyl (C=O) groups is 3. The molecule has 0 saturated carbocycles. The van der Waals surface area contributed by atoms with Gasteiger partial charge in [0.05, 0.1) is 5.92 Å². The molecule has 7 heteroatoms. The molecule has 0 aliphatic heterocycles. The van der Waals surface area contributed by atoms with E-state index in [1.54, 1.807) is 6.92 Å². The number of nitrogens with one attached hydrogen (secondary N) is 2. The lowest BCUT2D eigenvalue weighted by molar-refractivity contribution is -0.141. The summed E-state index contributed by atoms with van der Waals surface area (Å²) in [5.41, 5.74) is 4.80. The summed E-state index contributed by atoms with van der Waals surface area (Å²) >= 11 is 0. The molecule has 7 nitrogen and oxygen atoms in total. The SMILES string of the molecule is CC(CCCNC(=O)CCCCCCNC(=O)OCC1c2ccccc2-c2ccccc21)C(=O)O. The lowest BCUT2D eigenvalue weighted by atomic mass is 9.98. The third-order valence-corrected chi connectivity index (χ3v) is 6.50. The Bertz CT molecular complexity index is 961. The maximum absolute atomic E-state index is 12.2. The van der Waals surface area contributed by atoms with Crippen molar-refractivity contribution in [1.29, 1.82) is 0 Å². The molecular weight excluding hydrogens is 444 g/mol. The maximum Gasteiger partial charge on any atom is 0.407 e. The van der Waals surface area contributed by atoms with Gasteiger partial charge in [-0.3, -0.25) is 9.59 Å². The smallest absolute Gasteiger partial charge is 0.407 e. The molecular formula is C28H36N2O5. The topological polar surface area (TPSA) is 105 Å². The molecule has 35 heavy (non-hydrogen) atoms. The summed E-state index contributed by atoms with van der Waals surface area (Å²) in [7, 11) is 0. The summed E-state index contributed by atoms with van der Waals surface area (Å²) in [5.74, 6) is -1.12. The average Bonchev–Trinajstić information content (AvgIpc) is 3.18. The first-order chi connectivity index (χ1) is 17.0.